The number of hydrogen-bond donors (Lipinski definition) is 1. The molecule has 1 aliphatic heterocycles. The van der Waals surface area contributed by atoms with Gasteiger partial charge in [0.15, 0.2) is 0 Å². The Kier molecular flexibility index (Phi) is 5.67. The van der Waals surface area contributed by atoms with Crippen molar-refractivity contribution in [2.45, 2.75) is 32.2 Å². The normalized spacial score (nSPS) is 17.2. The summed E-state index contributed by atoms with van der Waals surface area (Å²) in [6, 6.07) is 17.3. The van der Waals surface area contributed by atoms with Crippen LogP contribution >= 0.6 is 0 Å². The monoisotopic (exact) mass is 387 g/mol. The molecule has 29 heavy (non-hydrogen) atoms. The van der Waals surface area contributed by atoms with E-state index in [1.807, 2.05) is 43.5 Å². The fraction of sp³-hybridized carbons (Fsp3) is 0.292. The van der Waals surface area contributed by atoms with Crippen LogP contribution in [-0.4, -0.2) is 39.0 Å². The van der Waals surface area contributed by atoms with E-state index in [-0.39, 0.29) is 0 Å². The average molecular weight is 387 g/mol. The second-order valence-corrected chi connectivity index (χ2v) is 7.68. The summed E-state index contributed by atoms with van der Waals surface area (Å²) in [7, 11) is 0. The van der Waals surface area contributed by atoms with E-state index >= 15 is 0 Å². The molecule has 1 aliphatic rings. The van der Waals surface area contributed by atoms with Crippen LogP contribution in [0.5, 0.6) is 0 Å². The molecule has 0 aliphatic carbocycles. The van der Waals surface area contributed by atoms with E-state index in [2.05, 4.69) is 27.0 Å². The molecule has 0 amide bonds. The lowest BCUT2D eigenvalue weighted by atomic mass is 9.96. The Morgan fingerprint density at radius 1 is 1.14 bits per heavy atom. The molecule has 0 bridgehead atoms. The highest BCUT2D eigenvalue weighted by Gasteiger charge is 2.23. The van der Waals surface area contributed by atoms with Crippen molar-refractivity contribution < 1.29 is 9.90 Å². The van der Waals surface area contributed by atoms with Gasteiger partial charge in [-0.25, -0.2) is 14.8 Å². The molecule has 1 fully saturated rings. The van der Waals surface area contributed by atoms with Crippen LogP contribution in [0.4, 0.5) is 0 Å². The number of benzene rings is 2. The maximum atomic E-state index is 11.5. The lowest BCUT2D eigenvalue weighted by Gasteiger charge is -2.32. The quantitative estimate of drug-likeness (QED) is 0.697. The number of carboxylic acids is 1. The number of carboxylic acid groups (broad SMARTS) is 1. The molecule has 148 valence electrons. The SMILES string of the molecule is Cc1ccnc([C@@H]2CCCN(Cc3ccc(-c4ccccc4C(=O)O)cc3)C2)n1. The van der Waals surface area contributed by atoms with E-state index in [1.54, 1.807) is 12.1 Å². The first-order chi connectivity index (χ1) is 14.1. The molecule has 0 radical (unpaired) electrons. The van der Waals surface area contributed by atoms with Gasteiger partial charge in [-0.1, -0.05) is 42.5 Å². The maximum absolute atomic E-state index is 11.5. The summed E-state index contributed by atoms with van der Waals surface area (Å²) in [4.78, 5) is 23.0. The average Bonchev–Trinajstić information content (AvgIpc) is 2.74. The van der Waals surface area contributed by atoms with Gasteiger partial charge < -0.3 is 5.11 Å². The summed E-state index contributed by atoms with van der Waals surface area (Å²) >= 11 is 0. The van der Waals surface area contributed by atoms with Crippen molar-refractivity contribution in [1.82, 2.24) is 14.9 Å². The van der Waals surface area contributed by atoms with Crippen molar-refractivity contribution in [3.63, 3.8) is 0 Å². The van der Waals surface area contributed by atoms with Gasteiger partial charge in [0.2, 0.25) is 0 Å². The van der Waals surface area contributed by atoms with Crippen LogP contribution in [0, 0.1) is 6.92 Å². The Labute approximate surface area is 171 Å². The molecular formula is C24H25N3O2. The molecule has 1 aromatic heterocycles. The Morgan fingerprint density at radius 2 is 1.93 bits per heavy atom. The van der Waals surface area contributed by atoms with Gasteiger partial charge in [-0.3, -0.25) is 4.90 Å². The van der Waals surface area contributed by atoms with Gasteiger partial charge in [0.1, 0.15) is 5.82 Å². The molecule has 1 saturated heterocycles. The van der Waals surface area contributed by atoms with Crippen molar-refractivity contribution in [1.29, 1.82) is 0 Å². The third-order valence-corrected chi connectivity index (χ3v) is 5.51. The largest absolute Gasteiger partial charge is 0.478 e. The van der Waals surface area contributed by atoms with Crippen molar-refractivity contribution in [2.24, 2.45) is 0 Å². The summed E-state index contributed by atoms with van der Waals surface area (Å²) in [5.74, 6) is 0.433. The smallest absolute Gasteiger partial charge is 0.336 e. The third kappa shape index (κ3) is 4.51. The minimum absolute atomic E-state index is 0.331. The first kappa shape index (κ1) is 19.3. The zero-order valence-corrected chi connectivity index (χ0v) is 16.6. The summed E-state index contributed by atoms with van der Waals surface area (Å²) in [6.45, 7) is 4.93. The Hall–Kier alpha value is -3.05. The fourth-order valence-corrected chi connectivity index (χ4v) is 4.04. The molecule has 2 aromatic carbocycles. The fourth-order valence-electron chi connectivity index (χ4n) is 4.04. The molecule has 1 N–H and O–H groups in total. The molecule has 1 atom stereocenters. The highest BCUT2D eigenvalue weighted by molar-refractivity contribution is 5.95. The second kappa shape index (κ2) is 8.53. The third-order valence-electron chi connectivity index (χ3n) is 5.51. The predicted octanol–water partition coefficient (Wildman–Crippen LogP) is 4.53. The van der Waals surface area contributed by atoms with Crippen molar-refractivity contribution in [3.05, 3.63) is 83.4 Å². The molecule has 5 nitrogen and oxygen atoms in total. The van der Waals surface area contributed by atoms with E-state index in [4.69, 9.17) is 0 Å². The molecule has 0 saturated carbocycles. The molecule has 4 rings (SSSR count). The van der Waals surface area contributed by atoms with Gasteiger partial charge in [-0.2, -0.15) is 0 Å². The minimum atomic E-state index is -0.901. The lowest BCUT2D eigenvalue weighted by Crippen LogP contribution is -2.34. The summed E-state index contributed by atoms with van der Waals surface area (Å²) in [5.41, 5.74) is 4.26. The Balaban J connectivity index is 1.46. The second-order valence-electron chi connectivity index (χ2n) is 7.68. The van der Waals surface area contributed by atoms with Crippen LogP contribution in [0.2, 0.25) is 0 Å². The number of aryl methyl sites for hydroxylation is 1. The van der Waals surface area contributed by atoms with Crippen molar-refractivity contribution in [2.75, 3.05) is 13.1 Å². The zero-order chi connectivity index (χ0) is 20.2. The van der Waals surface area contributed by atoms with E-state index in [1.165, 1.54) is 5.56 Å². The molecular weight excluding hydrogens is 362 g/mol. The van der Waals surface area contributed by atoms with Crippen LogP contribution in [0.25, 0.3) is 11.1 Å². The van der Waals surface area contributed by atoms with Gasteiger partial charge >= 0.3 is 5.97 Å². The van der Waals surface area contributed by atoms with Gasteiger partial charge in [-0.15, -0.1) is 0 Å². The van der Waals surface area contributed by atoms with E-state index in [0.717, 1.165) is 55.1 Å². The zero-order valence-electron chi connectivity index (χ0n) is 16.6. The highest BCUT2D eigenvalue weighted by Crippen LogP contribution is 2.27. The molecule has 2 heterocycles. The van der Waals surface area contributed by atoms with Gasteiger partial charge in [0, 0.05) is 30.9 Å². The van der Waals surface area contributed by atoms with E-state index in [0.29, 0.717) is 11.5 Å². The first-order valence-corrected chi connectivity index (χ1v) is 10.0. The van der Waals surface area contributed by atoms with Crippen molar-refractivity contribution in [3.8, 4) is 11.1 Å². The molecule has 5 heteroatoms. The number of hydrogen-bond acceptors (Lipinski definition) is 4. The number of aromatic nitrogens is 2. The summed E-state index contributed by atoms with van der Waals surface area (Å²) in [6.07, 6.45) is 4.13. The van der Waals surface area contributed by atoms with Gasteiger partial charge in [-0.05, 0) is 55.1 Å². The standard InChI is InChI=1S/C24H25N3O2/c1-17-12-13-25-23(26-17)20-5-4-14-27(16-20)15-18-8-10-19(11-9-18)21-6-2-3-7-22(21)24(28)29/h2-3,6-13,20H,4-5,14-16H2,1H3,(H,28,29)/t20-/m1/s1. The number of likely N-dealkylation sites (tertiary alicyclic amines) is 1. The lowest BCUT2D eigenvalue weighted by molar-refractivity contribution is 0.0697. The number of nitrogens with zero attached hydrogens (tertiary/aromatic N) is 3. The van der Waals surface area contributed by atoms with Crippen LogP contribution in [0.1, 0.15) is 46.2 Å². The topological polar surface area (TPSA) is 66.3 Å². The molecule has 3 aromatic rings. The van der Waals surface area contributed by atoms with Gasteiger partial charge in [0.05, 0.1) is 5.56 Å². The van der Waals surface area contributed by atoms with Gasteiger partial charge in [0.25, 0.3) is 0 Å². The Morgan fingerprint density at radius 3 is 2.69 bits per heavy atom. The number of piperidine rings is 1. The summed E-state index contributed by atoms with van der Waals surface area (Å²) < 4.78 is 0. The number of carbonyl (C=O) groups is 1. The van der Waals surface area contributed by atoms with Crippen molar-refractivity contribution >= 4 is 5.97 Å². The summed E-state index contributed by atoms with van der Waals surface area (Å²) in [5, 5.41) is 9.42. The predicted molar refractivity (Wildman–Crippen MR) is 113 cm³/mol. The number of aromatic carboxylic acids is 1. The first-order valence-electron chi connectivity index (χ1n) is 10.0. The minimum Gasteiger partial charge on any atom is -0.478 e. The molecule has 0 spiro atoms. The Bertz CT molecular complexity index is 1000. The van der Waals surface area contributed by atoms with Crippen LogP contribution in [0.15, 0.2) is 60.8 Å². The highest BCUT2D eigenvalue weighted by atomic mass is 16.4. The van der Waals surface area contributed by atoms with Crippen LogP contribution in [-0.2, 0) is 6.54 Å². The maximum Gasteiger partial charge on any atom is 0.336 e. The van der Waals surface area contributed by atoms with Crippen LogP contribution < -0.4 is 0 Å². The molecule has 0 unspecified atom stereocenters. The number of rotatable bonds is 5. The van der Waals surface area contributed by atoms with E-state index < -0.39 is 5.97 Å². The van der Waals surface area contributed by atoms with E-state index in [9.17, 15) is 9.90 Å². The van der Waals surface area contributed by atoms with Crippen LogP contribution in [0.3, 0.4) is 0 Å².